The molecule has 3 atom stereocenters. The van der Waals surface area contributed by atoms with Gasteiger partial charge in [0.1, 0.15) is 11.4 Å². The number of carbonyl (C=O) groups excluding carboxylic acids is 3. The number of thioether (sulfide) groups is 1. The van der Waals surface area contributed by atoms with Crippen molar-refractivity contribution in [3.8, 4) is 5.75 Å². The van der Waals surface area contributed by atoms with Crippen LogP contribution in [0.4, 0.5) is 5.69 Å². The smallest absolute Gasteiger partial charge is 0.347 e. The molecular weight excluding hydrogens is 614 g/mol. The Balaban J connectivity index is 1.34. The van der Waals surface area contributed by atoms with Gasteiger partial charge in [-0.1, -0.05) is 60.7 Å². The second-order valence-corrected chi connectivity index (χ2v) is 13.8. The number of amides is 1. The predicted octanol–water partition coefficient (Wildman–Crippen LogP) is 5.58. The Bertz CT molecular complexity index is 1660. The quantitative estimate of drug-likeness (QED) is 0.246. The van der Waals surface area contributed by atoms with Gasteiger partial charge in [-0.15, -0.1) is 11.8 Å². The Hall–Kier alpha value is -4.38. The topological polar surface area (TPSA) is 111 Å². The van der Waals surface area contributed by atoms with Crippen LogP contribution < -0.4 is 15.4 Å². The van der Waals surface area contributed by atoms with E-state index in [0.29, 0.717) is 29.9 Å². The number of hydrogen-bond donors (Lipinski definition) is 1. The van der Waals surface area contributed by atoms with Crippen molar-refractivity contribution < 1.29 is 28.6 Å². The van der Waals surface area contributed by atoms with Crippen LogP contribution in [-0.4, -0.2) is 59.6 Å². The van der Waals surface area contributed by atoms with E-state index in [9.17, 15) is 14.4 Å². The first kappa shape index (κ1) is 32.6. The third kappa shape index (κ3) is 6.45. The van der Waals surface area contributed by atoms with E-state index in [1.54, 1.807) is 28.4 Å². The number of benzene rings is 3. The normalized spacial score (nSPS) is 23.6. The molecule has 3 aliphatic heterocycles. The van der Waals surface area contributed by atoms with Gasteiger partial charge in [-0.25, -0.2) is 4.79 Å². The number of ether oxygens (including phenoxy) is 3. The number of fused-ring (bicyclic) bond motifs is 1. The highest BCUT2D eigenvalue weighted by atomic mass is 32.2. The molecule has 3 heterocycles. The Morgan fingerprint density at radius 2 is 1.60 bits per heavy atom. The minimum absolute atomic E-state index is 0.166. The van der Waals surface area contributed by atoms with Crippen LogP contribution in [0.2, 0.25) is 0 Å². The van der Waals surface area contributed by atoms with Crippen LogP contribution in [-0.2, 0) is 23.9 Å². The molecular formula is C37H39N3O6S. The van der Waals surface area contributed by atoms with E-state index in [0.717, 1.165) is 16.8 Å². The molecule has 2 N–H and O–H groups in total. The number of esters is 2. The van der Waals surface area contributed by atoms with Crippen molar-refractivity contribution in [2.75, 3.05) is 25.1 Å². The maximum absolute atomic E-state index is 14.5. The van der Waals surface area contributed by atoms with Crippen molar-refractivity contribution in [2.24, 2.45) is 11.7 Å². The monoisotopic (exact) mass is 653 g/mol. The molecule has 10 heteroatoms. The lowest BCUT2D eigenvalue weighted by Gasteiger charge is -2.56. The average Bonchev–Trinajstić information content (AvgIpc) is 3.41. The Morgan fingerprint density at radius 1 is 0.979 bits per heavy atom. The fourth-order valence-electron chi connectivity index (χ4n) is 6.07. The molecule has 3 aromatic carbocycles. The molecule has 0 spiro atoms. The zero-order valence-corrected chi connectivity index (χ0v) is 27.7. The van der Waals surface area contributed by atoms with Crippen LogP contribution in [0.3, 0.4) is 0 Å². The Kier molecular flexibility index (Phi) is 9.02. The number of nitrogens with zero attached hydrogens (tertiary/aromatic N) is 2. The van der Waals surface area contributed by atoms with Gasteiger partial charge in [-0.3, -0.25) is 20.2 Å². The largest absolute Gasteiger partial charge is 0.497 e. The van der Waals surface area contributed by atoms with Gasteiger partial charge in [0.05, 0.1) is 18.4 Å². The summed E-state index contributed by atoms with van der Waals surface area (Å²) in [6.45, 7) is 6.16. The Labute approximate surface area is 279 Å². The summed E-state index contributed by atoms with van der Waals surface area (Å²) in [5.74, 6) is -0.975. The maximum Gasteiger partial charge on any atom is 0.347 e. The molecule has 3 aliphatic rings. The summed E-state index contributed by atoms with van der Waals surface area (Å²) < 4.78 is 17.3. The second-order valence-electron chi connectivity index (χ2n) is 12.8. The number of methoxy groups -OCH3 is 1. The highest BCUT2D eigenvalue weighted by molar-refractivity contribution is 8.02. The van der Waals surface area contributed by atoms with Gasteiger partial charge in [-0.05, 0) is 74.1 Å². The van der Waals surface area contributed by atoms with Crippen molar-refractivity contribution >= 4 is 35.3 Å². The van der Waals surface area contributed by atoms with Crippen molar-refractivity contribution in [3.63, 3.8) is 0 Å². The minimum atomic E-state index is -1.77. The van der Waals surface area contributed by atoms with Crippen LogP contribution in [0, 0.1) is 5.92 Å². The number of hydrogen-bond acceptors (Lipinski definition) is 9. The standard InChI is InChI=1S/C37H39N3O6S/c1-36(2,3)46-34(42)30-22-40-33(30)47-23-27(21-26-19-20-39(32(26)41)28-15-17-29(44-4)18-16-28)37(40,38)35(43)45-31(24-11-7-5-8-12-24)25-13-9-6-10-14-25/h5-18,21,23,30-31,33H,19-20,22,38H2,1-4H3/b26-21+/t30-,33+,37+/m0/s1. The molecule has 0 saturated carbocycles. The molecule has 3 aromatic rings. The highest BCUT2D eigenvalue weighted by Gasteiger charge is 2.60. The van der Waals surface area contributed by atoms with Gasteiger partial charge in [0.25, 0.3) is 5.91 Å². The molecule has 1 amide bonds. The molecule has 6 rings (SSSR count). The second kappa shape index (κ2) is 13.0. The lowest BCUT2D eigenvalue weighted by atomic mass is 9.88. The van der Waals surface area contributed by atoms with Crippen molar-refractivity contribution in [3.05, 3.63) is 119 Å². The van der Waals surface area contributed by atoms with Gasteiger partial charge in [-0.2, -0.15) is 0 Å². The molecule has 9 nitrogen and oxygen atoms in total. The predicted molar refractivity (Wildman–Crippen MR) is 181 cm³/mol. The van der Waals surface area contributed by atoms with Gasteiger partial charge < -0.3 is 19.1 Å². The van der Waals surface area contributed by atoms with Gasteiger partial charge in [0, 0.05) is 29.9 Å². The van der Waals surface area contributed by atoms with Crippen molar-refractivity contribution in [1.29, 1.82) is 0 Å². The average molecular weight is 654 g/mol. The van der Waals surface area contributed by atoms with Crippen LogP contribution in [0.1, 0.15) is 44.4 Å². The van der Waals surface area contributed by atoms with E-state index >= 15 is 0 Å². The molecule has 0 aromatic heterocycles. The number of carbonyl (C=O) groups is 3. The lowest BCUT2D eigenvalue weighted by molar-refractivity contribution is -0.179. The van der Waals surface area contributed by atoms with E-state index < -0.39 is 34.6 Å². The van der Waals surface area contributed by atoms with Crippen molar-refractivity contribution in [1.82, 2.24) is 4.90 Å². The molecule has 0 bridgehead atoms. The summed E-state index contributed by atoms with van der Waals surface area (Å²) in [4.78, 5) is 44.8. The van der Waals surface area contributed by atoms with Crippen LogP contribution in [0.5, 0.6) is 5.75 Å². The number of nitrogens with two attached hydrogens (primary N) is 1. The first-order chi connectivity index (χ1) is 22.5. The minimum Gasteiger partial charge on any atom is -0.497 e. The lowest BCUT2D eigenvalue weighted by Crippen LogP contribution is -2.75. The molecule has 2 saturated heterocycles. The zero-order valence-electron chi connectivity index (χ0n) is 26.9. The summed E-state index contributed by atoms with van der Waals surface area (Å²) >= 11 is 1.39. The molecule has 2 fully saturated rings. The third-order valence-corrected chi connectivity index (χ3v) is 9.81. The molecule has 0 aliphatic carbocycles. The summed E-state index contributed by atoms with van der Waals surface area (Å²) in [6.07, 6.45) is 1.46. The van der Waals surface area contributed by atoms with Crippen molar-refractivity contribution in [2.45, 2.75) is 49.9 Å². The first-order valence-corrected chi connectivity index (χ1v) is 16.6. The summed E-state index contributed by atoms with van der Waals surface area (Å²) in [6, 6.07) is 26.3. The van der Waals surface area contributed by atoms with E-state index in [-0.39, 0.29) is 18.4 Å². The zero-order chi connectivity index (χ0) is 33.3. The van der Waals surface area contributed by atoms with Crippen LogP contribution in [0.15, 0.2) is 108 Å². The van der Waals surface area contributed by atoms with Crippen LogP contribution >= 0.6 is 11.8 Å². The highest BCUT2D eigenvalue weighted by Crippen LogP contribution is 2.48. The van der Waals surface area contributed by atoms with Gasteiger partial charge in [0.2, 0.25) is 0 Å². The van der Waals surface area contributed by atoms with Crippen LogP contribution in [0.25, 0.3) is 0 Å². The van der Waals surface area contributed by atoms with E-state index in [1.807, 2.05) is 106 Å². The molecule has 47 heavy (non-hydrogen) atoms. The Morgan fingerprint density at radius 3 is 2.17 bits per heavy atom. The SMILES string of the molecule is COc1ccc(N2CC/C(=C\C3=CS[C@@H]4[C@@H](C(=O)OC(C)(C)C)CN4[C@@]3(N)C(=O)OC(c3ccccc3)c3ccccc3)C2=O)cc1. The van der Waals surface area contributed by atoms with Gasteiger partial charge in [0.15, 0.2) is 11.8 Å². The molecule has 0 unspecified atom stereocenters. The number of anilines is 1. The fourth-order valence-corrected chi connectivity index (χ4v) is 7.39. The first-order valence-electron chi connectivity index (χ1n) is 15.6. The van der Waals surface area contributed by atoms with E-state index in [1.165, 1.54) is 11.8 Å². The summed E-state index contributed by atoms with van der Waals surface area (Å²) in [5.41, 5.74) is 8.03. The summed E-state index contributed by atoms with van der Waals surface area (Å²) in [7, 11) is 1.59. The van der Waals surface area contributed by atoms with Gasteiger partial charge >= 0.3 is 11.9 Å². The third-order valence-electron chi connectivity index (χ3n) is 8.56. The fraction of sp³-hybridized carbons (Fsp3) is 0.324. The van der Waals surface area contributed by atoms with E-state index in [4.69, 9.17) is 19.9 Å². The molecule has 0 radical (unpaired) electrons. The summed E-state index contributed by atoms with van der Waals surface area (Å²) in [5, 5.41) is 1.35. The molecule has 244 valence electrons. The maximum atomic E-state index is 14.5. The number of rotatable bonds is 8. The van der Waals surface area contributed by atoms with E-state index in [2.05, 4.69) is 0 Å².